The lowest BCUT2D eigenvalue weighted by molar-refractivity contribution is 0.413. The van der Waals surface area contributed by atoms with E-state index in [9.17, 15) is 4.39 Å². The standard InChI is InChI=1S/C7H7BrFNO/c1-11-4-2-5(8)7(9)6(10)3-4/h2-3H,10H2,1H3. The number of benzene rings is 1. The number of anilines is 1. The molecule has 2 N–H and O–H groups in total. The highest BCUT2D eigenvalue weighted by atomic mass is 79.9. The highest BCUT2D eigenvalue weighted by molar-refractivity contribution is 9.10. The number of nitrogens with two attached hydrogens (primary N) is 1. The van der Waals surface area contributed by atoms with Crippen molar-refractivity contribution < 1.29 is 9.13 Å². The lowest BCUT2D eigenvalue weighted by atomic mass is 10.3. The molecule has 0 saturated heterocycles. The van der Waals surface area contributed by atoms with E-state index in [2.05, 4.69) is 15.9 Å². The average Bonchev–Trinajstić information content (AvgIpc) is 1.99. The van der Waals surface area contributed by atoms with Crippen LogP contribution < -0.4 is 10.5 Å². The van der Waals surface area contributed by atoms with Gasteiger partial charge in [0.1, 0.15) is 5.75 Å². The molecule has 0 saturated carbocycles. The van der Waals surface area contributed by atoms with E-state index in [1.807, 2.05) is 0 Å². The van der Waals surface area contributed by atoms with Gasteiger partial charge in [-0.25, -0.2) is 4.39 Å². The Morgan fingerprint density at radius 1 is 1.55 bits per heavy atom. The molecule has 0 unspecified atom stereocenters. The van der Waals surface area contributed by atoms with Crippen LogP contribution in [0, 0.1) is 5.82 Å². The van der Waals surface area contributed by atoms with Gasteiger partial charge in [0.05, 0.1) is 17.3 Å². The third-order valence-corrected chi connectivity index (χ3v) is 1.84. The van der Waals surface area contributed by atoms with E-state index in [1.54, 1.807) is 0 Å². The smallest absolute Gasteiger partial charge is 0.160 e. The third-order valence-electron chi connectivity index (χ3n) is 1.27. The fourth-order valence-corrected chi connectivity index (χ4v) is 1.16. The van der Waals surface area contributed by atoms with Crippen LogP contribution in [0.1, 0.15) is 0 Å². The second-order valence-corrected chi connectivity index (χ2v) is 2.87. The molecule has 0 aliphatic rings. The molecule has 1 rings (SSSR count). The predicted octanol–water partition coefficient (Wildman–Crippen LogP) is 2.18. The van der Waals surface area contributed by atoms with Gasteiger partial charge in [-0.05, 0) is 22.0 Å². The normalized spacial score (nSPS) is 9.73. The summed E-state index contributed by atoms with van der Waals surface area (Å²) in [5, 5.41) is 0. The number of methoxy groups -OCH3 is 1. The Bertz CT molecular complexity index is 254. The second kappa shape index (κ2) is 3.09. The summed E-state index contributed by atoms with van der Waals surface area (Å²) in [6.45, 7) is 0. The Kier molecular flexibility index (Phi) is 2.34. The number of rotatable bonds is 1. The van der Waals surface area contributed by atoms with Crippen molar-refractivity contribution in [3.05, 3.63) is 22.4 Å². The van der Waals surface area contributed by atoms with Gasteiger partial charge < -0.3 is 10.5 Å². The van der Waals surface area contributed by atoms with Gasteiger partial charge in [0.25, 0.3) is 0 Å². The van der Waals surface area contributed by atoms with Crippen molar-refractivity contribution in [3.8, 4) is 5.75 Å². The number of nitrogen functional groups attached to an aromatic ring is 1. The zero-order chi connectivity index (χ0) is 8.43. The summed E-state index contributed by atoms with van der Waals surface area (Å²) in [6, 6.07) is 2.95. The van der Waals surface area contributed by atoms with E-state index in [4.69, 9.17) is 10.5 Å². The Balaban J connectivity index is 3.21. The maximum Gasteiger partial charge on any atom is 0.160 e. The van der Waals surface area contributed by atoms with Crippen LogP contribution in [0.3, 0.4) is 0 Å². The fourth-order valence-electron chi connectivity index (χ4n) is 0.702. The molecule has 0 aliphatic carbocycles. The number of ether oxygens (including phenoxy) is 1. The van der Waals surface area contributed by atoms with Gasteiger partial charge >= 0.3 is 0 Å². The van der Waals surface area contributed by atoms with E-state index in [1.165, 1.54) is 19.2 Å². The van der Waals surface area contributed by atoms with Crippen LogP contribution in [0.4, 0.5) is 10.1 Å². The Labute approximate surface area is 72.3 Å². The molecule has 0 radical (unpaired) electrons. The van der Waals surface area contributed by atoms with E-state index < -0.39 is 5.82 Å². The molecule has 1 aromatic carbocycles. The van der Waals surface area contributed by atoms with Gasteiger partial charge in [0.2, 0.25) is 0 Å². The van der Waals surface area contributed by atoms with Gasteiger partial charge in [-0.3, -0.25) is 0 Å². The van der Waals surface area contributed by atoms with Crippen molar-refractivity contribution in [2.45, 2.75) is 0 Å². The number of hydrogen-bond acceptors (Lipinski definition) is 2. The molecule has 4 heteroatoms. The number of halogens is 2. The lowest BCUT2D eigenvalue weighted by Gasteiger charge is -2.03. The molecule has 0 atom stereocenters. The van der Waals surface area contributed by atoms with Crippen molar-refractivity contribution in [2.75, 3.05) is 12.8 Å². The molecule has 2 nitrogen and oxygen atoms in total. The van der Waals surface area contributed by atoms with Crippen LogP contribution in [0.15, 0.2) is 16.6 Å². The van der Waals surface area contributed by atoms with Gasteiger partial charge in [0, 0.05) is 6.07 Å². The summed E-state index contributed by atoms with van der Waals surface area (Å²) in [5.41, 5.74) is 5.39. The summed E-state index contributed by atoms with van der Waals surface area (Å²) < 4.78 is 18.0. The van der Waals surface area contributed by atoms with Crippen molar-refractivity contribution >= 4 is 21.6 Å². The summed E-state index contributed by atoms with van der Waals surface area (Å²) in [7, 11) is 1.50. The van der Waals surface area contributed by atoms with Gasteiger partial charge in [-0.2, -0.15) is 0 Å². The molecule has 0 fully saturated rings. The molecule has 0 heterocycles. The Morgan fingerprint density at radius 3 is 2.64 bits per heavy atom. The lowest BCUT2D eigenvalue weighted by Crippen LogP contribution is -1.93. The fraction of sp³-hybridized carbons (Fsp3) is 0.143. The minimum Gasteiger partial charge on any atom is -0.497 e. The third kappa shape index (κ3) is 1.63. The maximum atomic E-state index is 12.8. The topological polar surface area (TPSA) is 35.2 Å². The first kappa shape index (κ1) is 8.33. The average molecular weight is 220 g/mol. The summed E-state index contributed by atoms with van der Waals surface area (Å²) >= 11 is 3.00. The SMILES string of the molecule is COc1cc(N)c(F)c(Br)c1. The van der Waals surface area contributed by atoms with E-state index in [0.717, 1.165) is 0 Å². The van der Waals surface area contributed by atoms with Crippen LogP contribution in [-0.2, 0) is 0 Å². The minimum absolute atomic E-state index is 0.0798. The van der Waals surface area contributed by atoms with E-state index >= 15 is 0 Å². The van der Waals surface area contributed by atoms with Gasteiger partial charge in [0.15, 0.2) is 5.82 Å². The van der Waals surface area contributed by atoms with E-state index in [0.29, 0.717) is 10.2 Å². The van der Waals surface area contributed by atoms with Crippen molar-refractivity contribution in [2.24, 2.45) is 0 Å². The zero-order valence-electron chi connectivity index (χ0n) is 5.90. The van der Waals surface area contributed by atoms with Crippen molar-refractivity contribution in [1.82, 2.24) is 0 Å². The molecule has 0 bridgehead atoms. The zero-order valence-corrected chi connectivity index (χ0v) is 7.48. The van der Waals surface area contributed by atoms with Gasteiger partial charge in [-0.1, -0.05) is 0 Å². The first-order valence-electron chi connectivity index (χ1n) is 2.93. The monoisotopic (exact) mass is 219 g/mol. The maximum absolute atomic E-state index is 12.8. The highest BCUT2D eigenvalue weighted by Crippen LogP contribution is 2.26. The summed E-state index contributed by atoms with van der Waals surface area (Å²) in [4.78, 5) is 0. The highest BCUT2D eigenvalue weighted by Gasteiger charge is 2.05. The Hall–Kier alpha value is -0.770. The Morgan fingerprint density at radius 2 is 2.18 bits per heavy atom. The van der Waals surface area contributed by atoms with Crippen LogP contribution in [-0.4, -0.2) is 7.11 Å². The molecule has 11 heavy (non-hydrogen) atoms. The van der Waals surface area contributed by atoms with E-state index in [-0.39, 0.29) is 5.69 Å². The predicted molar refractivity (Wildman–Crippen MR) is 45.1 cm³/mol. The largest absolute Gasteiger partial charge is 0.497 e. The molecule has 0 amide bonds. The minimum atomic E-state index is -0.453. The molecular formula is C7H7BrFNO. The molecule has 0 spiro atoms. The quantitative estimate of drug-likeness (QED) is 0.736. The van der Waals surface area contributed by atoms with Crippen LogP contribution in [0.2, 0.25) is 0 Å². The summed E-state index contributed by atoms with van der Waals surface area (Å²) in [5.74, 6) is 0.0848. The molecule has 0 aromatic heterocycles. The molecular weight excluding hydrogens is 213 g/mol. The van der Waals surface area contributed by atoms with Crippen molar-refractivity contribution in [3.63, 3.8) is 0 Å². The number of hydrogen-bond donors (Lipinski definition) is 1. The first-order valence-corrected chi connectivity index (χ1v) is 3.73. The van der Waals surface area contributed by atoms with Crippen LogP contribution in [0.25, 0.3) is 0 Å². The van der Waals surface area contributed by atoms with Crippen LogP contribution in [0.5, 0.6) is 5.75 Å². The summed E-state index contributed by atoms with van der Waals surface area (Å²) in [6.07, 6.45) is 0. The molecule has 1 aromatic rings. The first-order chi connectivity index (χ1) is 5.15. The van der Waals surface area contributed by atoms with Crippen LogP contribution >= 0.6 is 15.9 Å². The van der Waals surface area contributed by atoms with Crippen molar-refractivity contribution in [1.29, 1.82) is 0 Å². The van der Waals surface area contributed by atoms with Gasteiger partial charge in [-0.15, -0.1) is 0 Å². The molecule has 60 valence electrons. The second-order valence-electron chi connectivity index (χ2n) is 2.01. The molecule has 0 aliphatic heterocycles.